The van der Waals surface area contributed by atoms with Gasteiger partial charge in [0.05, 0.1) is 12.1 Å². The molecule has 5 amide bonds. The maximum atomic E-state index is 13.9. The Labute approximate surface area is 310 Å². The van der Waals surface area contributed by atoms with Gasteiger partial charge in [0.15, 0.2) is 0 Å². The van der Waals surface area contributed by atoms with Crippen LogP contribution in [0.2, 0.25) is 0 Å². The molecule has 0 aliphatic rings. The SMILES string of the molecule is C=C[C@H](O)/C=C(\C=C/N)C(=O)N[C@H](C(=O)N[C@@H](CCC)C(=O)N[C@H](CN[C@@H](C)C(=O)N[C@H](C(=O)NCC)C(C)C)Cc1ccccc1C)[C@@H](C)CC. The summed E-state index contributed by atoms with van der Waals surface area (Å²) >= 11 is 0. The van der Waals surface area contributed by atoms with E-state index < -0.39 is 54.0 Å². The molecule has 290 valence electrons. The fourth-order valence-electron chi connectivity index (χ4n) is 5.40. The highest BCUT2D eigenvalue weighted by molar-refractivity contribution is 6.00. The lowest BCUT2D eigenvalue weighted by Crippen LogP contribution is -2.58. The van der Waals surface area contributed by atoms with Crippen LogP contribution in [-0.2, 0) is 30.4 Å². The van der Waals surface area contributed by atoms with Gasteiger partial charge in [-0.1, -0.05) is 77.8 Å². The van der Waals surface area contributed by atoms with Gasteiger partial charge in [0.2, 0.25) is 23.6 Å². The number of nitrogens with one attached hydrogen (secondary N) is 6. The lowest BCUT2D eigenvalue weighted by Gasteiger charge is -2.29. The Morgan fingerprint density at radius 3 is 2.12 bits per heavy atom. The van der Waals surface area contributed by atoms with Gasteiger partial charge in [0, 0.05) is 24.7 Å². The number of likely N-dealkylation sites (N-methyl/N-ethyl adjacent to an activating group) is 1. The molecule has 7 atom stereocenters. The van der Waals surface area contributed by atoms with Crippen molar-refractivity contribution in [2.45, 2.75) is 117 Å². The number of benzene rings is 1. The molecule has 13 nitrogen and oxygen atoms in total. The van der Waals surface area contributed by atoms with E-state index in [0.29, 0.717) is 32.2 Å². The van der Waals surface area contributed by atoms with Crippen molar-refractivity contribution in [2.75, 3.05) is 13.1 Å². The third-order valence-electron chi connectivity index (χ3n) is 8.86. The Morgan fingerprint density at radius 1 is 0.885 bits per heavy atom. The zero-order chi connectivity index (χ0) is 39.4. The van der Waals surface area contributed by atoms with Gasteiger partial charge in [-0.05, 0) is 74.9 Å². The molecule has 1 aromatic carbocycles. The number of carbonyl (C=O) groups is 5. The van der Waals surface area contributed by atoms with Crippen LogP contribution in [-0.4, -0.2) is 84.0 Å². The average Bonchev–Trinajstić information content (AvgIpc) is 3.11. The number of aliphatic hydroxyl groups is 1. The molecule has 0 saturated heterocycles. The van der Waals surface area contributed by atoms with E-state index in [1.165, 1.54) is 18.2 Å². The van der Waals surface area contributed by atoms with E-state index in [0.717, 1.165) is 17.3 Å². The summed E-state index contributed by atoms with van der Waals surface area (Å²) in [5, 5.41) is 27.5. The number of aliphatic hydroxyl groups excluding tert-OH is 1. The molecule has 0 fully saturated rings. The minimum atomic E-state index is -1.10. The molecule has 1 rings (SSSR count). The minimum absolute atomic E-state index is 0.0530. The van der Waals surface area contributed by atoms with Crippen molar-refractivity contribution in [1.82, 2.24) is 31.9 Å². The van der Waals surface area contributed by atoms with Gasteiger partial charge in [-0.25, -0.2) is 0 Å². The van der Waals surface area contributed by atoms with Gasteiger partial charge in [0.1, 0.15) is 18.1 Å². The number of aryl methyl sites for hydroxylation is 1. The number of hydrogen-bond acceptors (Lipinski definition) is 8. The van der Waals surface area contributed by atoms with Crippen molar-refractivity contribution in [2.24, 2.45) is 17.6 Å². The van der Waals surface area contributed by atoms with Gasteiger partial charge in [0.25, 0.3) is 5.91 Å². The lowest BCUT2D eigenvalue weighted by atomic mass is 9.96. The Hall–Kier alpha value is -4.49. The standard InChI is InChI=1S/C39H63N7O6/c1-10-16-32(44-39(52)34(25(7)11-2)46-36(49)29(19-20-40)22-31(47)12-3)37(50)43-30(21-28-18-15-14-17-26(28)8)23-42-27(9)35(48)45-33(24(5)6)38(51)41-13-4/h12,14-15,17-20,22,24-25,27,30-34,42,47H,3,10-11,13,16,21,23,40H2,1-2,4-9H3,(H,41,51)(H,43,50)(H,44,52)(H,45,48)(H,46,49)/b20-19-,29-22+/t25-,27-,30-,31-,32-,33-,34-/m0/s1. The lowest BCUT2D eigenvalue weighted by molar-refractivity contribution is -0.132. The first-order valence-corrected chi connectivity index (χ1v) is 18.3. The average molecular weight is 726 g/mol. The predicted molar refractivity (Wildman–Crippen MR) is 206 cm³/mol. The second-order valence-electron chi connectivity index (χ2n) is 13.5. The maximum absolute atomic E-state index is 13.9. The van der Waals surface area contributed by atoms with Crippen LogP contribution in [0.3, 0.4) is 0 Å². The number of amides is 5. The fraction of sp³-hybridized carbons (Fsp3) is 0.564. The summed E-state index contributed by atoms with van der Waals surface area (Å²) in [6, 6.07) is 4.07. The summed E-state index contributed by atoms with van der Waals surface area (Å²) in [6.07, 6.45) is 5.83. The quantitative estimate of drug-likeness (QED) is 0.0476. The fourth-order valence-corrected chi connectivity index (χ4v) is 5.40. The Morgan fingerprint density at radius 2 is 1.56 bits per heavy atom. The molecule has 0 bridgehead atoms. The smallest absolute Gasteiger partial charge is 0.251 e. The molecule has 0 unspecified atom stereocenters. The second kappa shape index (κ2) is 23.9. The van der Waals surface area contributed by atoms with E-state index in [1.807, 2.05) is 72.7 Å². The summed E-state index contributed by atoms with van der Waals surface area (Å²) in [5.41, 5.74) is 7.62. The highest BCUT2D eigenvalue weighted by atomic mass is 16.3. The first-order chi connectivity index (χ1) is 24.6. The van der Waals surface area contributed by atoms with Crippen LogP contribution in [0, 0.1) is 18.8 Å². The molecule has 52 heavy (non-hydrogen) atoms. The second-order valence-corrected chi connectivity index (χ2v) is 13.5. The summed E-state index contributed by atoms with van der Waals surface area (Å²) < 4.78 is 0. The molecule has 13 heteroatoms. The van der Waals surface area contributed by atoms with Gasteiger partial charge < -0.3 is 42.7 Å². The summed E-state index contributed by atoms with van der Waals surface area (Å²) in [6.45, 7) is 19.0. The van der Waals surface area contributed by atoms with E-state index in [2.05, 4.69) is 38.5 Å². The zero-order valence-corrected chi connectivity index (χ0v) is 32.3. The van der Waals surface area contributed by atoms with Crippen LogP contribution in [0.1, 0.15) is 78.9 Å². The van der Waals surface area contributed by atoms with Crippen LogP contribution in [0.25, 0.3) is 0 Å². The van der Waals surface area contributed by atoms with E-state index in [4.69, 9.17) is 5.73 Å². The van der Waals surface area contributed by atoms with Crippen LogP contribution in [0.4, 0.5) is 0 Å². The maximum Gasteiger partial charge on any atom is 0.251 e. The molecule has 0 aromatic heterocycles. The molecular formula is C39H63N7O6. The third-order valence-corrected chi connectivity index (χ3v) is 8.86. The van der Waals surface area contributed by atoms with Gasteiger partial charge in [-0.15, -0.1) is 6.58 Å². The molecule has 0 radical (unpaired) electrons. The molecule has 0 aliphatic heterocycles. The first-order valence-electron chi connectivity index (χ1n) is 18.3. The van der Waals surface area contributed by atoms with Gasteiger partial charge in [-0.3, -0.25) is 24.0 Å². The Kier molecular flexibility index (Phi) is 20.9. The third kappa shape index (κ3) is 15.4. The monoisotopic (exact) mass is 725 g/mol. The zero-order valence-electron chi connectivity index (χ0n) is 32.3. The van der Waals surface area contributed by atoms with Crippen molar-refractivity contribution in [1.29, 1.82) is 0 Å². The van der Waals surface area contributed by atoms with E-state index in [-0.39, 0.29) is 35.8 Å². The van der Waals surface area contributed by atoms with Crippen molar-refractivity contribution >= 4 is 29.5 Å². The van der Waals surface area contributed by atoms with Crippen LogP contribution >= 0.6 is 0 Å². The van der Waals surface area contributed by atoms with Crippen LogP contribution in [0.15, 0.2) is 60.8 Å². The summed E-state index contributed by atoms with van der Waals surface area (Å²) in [4.78, 5) is 66.5. The Balaban J connectivity index is 3.25. The summed E-state index contributed by atoms with van der Waals surface area (Å²) in [5.74, 6) is -2.57. The number of carbonyl (C=O) groups excluding carboxylic acids is 5. The van der Waals surface area contributed by atoms with Gasteiger partial charge >= 0.3 is 0 Å². The van der Waals surface area contributed by atoms with Crippen molar-refractivity contribution < 1.29 is 29.1 Å². The van der Waals surface area contributed by atoms with E-state index in [1.54, 1.807) is 6.92 Å². The topological polar surface area (TPSA) is 204 Å². The van der Waals surface area contributed by atoms with Crippen LogP contribution < -0.4 is 37.6 Å². The molecule has 1 aromatic rings. The molecular weight excluding hydrogens is 662 g/mol. The molecule has 0 heterocycles. The number of nitrogens with two attached hydrogens (primary N) is 1. The van der Waals surface area contributed by atoms with Gasteiger partial charge in [-0.2, -0.15) is 0 Å². The minimum Gasteiger partial charge on any atom is -0.405 e. The highest BCUT2D eigenvalue weighted by Gasteiger charge is 2.31. The molecule has 0 spiro atoms. The molecule has 9 N–H and O–H groups in total. The Bertz CT molecular complexity index is 1390. The van der Waals surface area contributed by atoms with Crippen molar-refractivity contribution in [3.63, 3.8) is 0 Å². The van der Waals surface area contributed by atoms with E-state index >= 15 is 0 Å². The molecule has 0 aliphatic carbocycles. The number of hydrogen-bond donors (Lipinski definition) is 8. The normalized spacial score (nSPS) is 15.8. The highest BCUT2D eigenvalue weighted by Crippen LogP contribution is 2.13. The van der Waals surface area contributed by atoms with Crippen molar-refractivity contribution in [3.8, 4) is 0 Å². The number of rotatable bonds is 23. The van der Waals surface area contributed by atoms with E-state index in [9.17, 15) is 29.1 Å². The largest absolute Gasteiger partial charge is 0.405 e. The molecule has 0 saturated carbocycles. The van der Waals surface area contributed by atoms with Crippen LogP contribution in [0.5, 0.6) is 0 Å². The first kappa shape index (κ1) is 45.5. The summed E-state index contributed by atoms with van der Waals surface area (Å²) in [7, 11) is 0. The van der Waals surface area contributed by atoms with Crippen molar-refractivity contribution in [3.05, 3.63) is 72.0 Å². The predicted octanol–water partition coefficient (Wildman–Crippen LogP) is 2.04.